The SMILES string of the molecule is CCn1c(SCC(=O)Nc2cc(S(=O)(=O)N(C)C)ccc2OC)nc2ccccc21. The fourth-order valence-corrected chi connectivity index (χ4v) is 4.75. The Bertz CT molecular complexity index is 1170. The van der Waals surface area contributed by atoms with E-state index in [4.69, 9.17) is 4.74 Å². The second kappa shape index (κ2) is 9.07. The van der Waals surface area contributed by atoms with E-state index in [1.165, 1.54) is 51.2 Å². The molecule has 0 saturated carbocycles. The summed E-state index contributed by atoms with van der Waals surface area (Å²) in [6.45, 7) is 2.77. The number of anilines is 1. The minimum Gasteiger partial charge on any atom is -0.495 e. The highest BCUT2D eigenvalue weighted by Gasteiger charge is 2.20. The molecule has 0 aliphatic carbocycles. The molecule has 1 amide bonds. The monoisotopic (exact) mass is 448 g/mol. The number of carbonyl (C=O) groups is 1. The summed E-state index contributed by atoms with van der Waals surface area (Å²) in [6, 6.07) is 12.2. The Hall–Kier alpha value is -2.56. The summed E-state index contributed by atoms with van der Waals surface area (Å²) in [5, 5.41) is 3.50. The average molecular weight is 449 g/mol. The maximum absolute atomic E-state index is 12.6. The topological polar surface area (TPSA) is 93.5 Å². The summed E-state index contributed by atoms with van der Waals surface area (Å²) in [5.74, 6) is 0.219. The number of aryl methyl sites for hydroxylation is 1. The summed E-state index contributed by atoms with van der Waals surface area (Å²) in [5.41, 5.74) is 2.20. The number of sulfonamides is 1. The molecule has 1 aromatic heterocycles. The summed E-state index contributed by atoms with van der Waals surface area (Å²) in [7, 11) is 0.736. The number of imidazole rings is 1. The Balaban J connectivity index is 1.78. The van der Waals surface area contributed by atoms with Gasteiger partial charge in [0.2, 0.25) is 15.9 Å². The van der Waals surface area contributed by atoms with Crippen LogP contribution in [0.15, 0.2) is 52.5 Å². The molecule has 10 heteroatoms. The van der Waals surface area contributed by atoms with Crippen molar-refractivity contribution in [3.8, 4) is 5.75 Å². The molecular formula is C20H24N4O4S2. The van der Waals surface area contributed by atoms with Crippen molar-refractivity contribution in [3.05, 3.63) is 42.5 Å². The van der Waals surface area contributed by atoms with Crippen molar-refractivity contribution in [3.63, 3.8) is 0 Å². The van der Waals surface area contributed by atoms with Crippen LogP contribution >= 0.6 is 11.8 Å². The number of rotatable bonds is 8. The Labute approximate surface area is 180 Å². The number of hydrogen-bond acceptors (Lipinski definition) is 6. The second-order valence-electron chi connectivity index (χ2n) is 6.61. The van der Waals surface area contributed by atoms with E-state index in [0.29, 0.717) is 11.4 Å². The highest BCUT2D eigenvalue weighted by atomic mass is 32.2. The van der Waals surface area contributed by atoms with Crippen LogP contribution in [0.1, 0.15) is 6.92 Å². The first-order chi connectivity index (χ1) is 14.3. The zero-order chi connectivity index (χ0) is 21.9. The molecule has 30 heavy (non-hydrogen) atoms. The Kier molecular flexibility index (Phi) is 6.69. The van der Waals surface area contributed by atoms with Gasteiger partial charge in [0.05, 0.1) is 34.5 Å². The summed E-state index contributed by atoms with van der Waals surface area (Å²) >= 11 is 1.33. The Morgan fingerprint density at radius 1 is 1.23 bits per heavy atom. The molecule has 2 aromatic carbocycles. The number of benzene rings is 2. The number of amides is 1. The number of methoxy groups -OCH3 is 1. The van der Waals surface area contributed by atoms with Crippen molar-refractivity contribution in [2.75, 3.05) is 32.3 Å². The van der Waals surface area contributed by atoms with E-state index in [1.54, 1.807) is 0 Å². The van der Waals surface area contributed by atoms with E-state index >= 15 is 0 Å². The van der Waals surface area contributed by atoms with Crippen LogP contribution in [0.25, 0.3) is 11.0 Å². The predicted molar refractivity (Wildman–Crippen MR) is 119 cm³/mol. The lowest BCUT2D eigenvalue weighted by atomic mass is 10.3. The number of ether oxygens (including phenoxy) is 1. The Morgan fingerprint density at radius 2 is 1.97 bits per heavy atom. The molecule has 0 unspecified atom stereocenters. The first-order valence-electron chi connectivity index (χ1n) is 9.26. The van der Waals surface area contributed by atoms with Gasteiger partial charge >= 0.3 is 0 Å². The van der Waals surface area contributed by atoms with E-state index in [9.17, 15) is 13.2 Å². The van der Waals surface area contributed by atoms with Gasteiger partial charge in [-0.2, -0.15) is 0 Å². The lowest BCUT2D eigenvalue weighted by Gasteiger charge is -2.15. The van der Waals surface area contributed by atoms with E-state index in [1.807, 2.05) is 31.2 Å². The third kappa shape index (κ3) is 4.45. The standard InChI is InChI=1S/C20H24N4O4S2/c1-5-24-17-9-7-6-8-15(17)22-20(24)29-13-19(25)21-16-12-14(10-11-18(16)28-4)30(26,27)23(2)3/h6-12H,5,13H2,1-4H3,(H,21,25). The van der Waals surface area contributed by atoms with Gasteiger partial charge in [-0.25, -0.2) is 17.7 Å². The van der Waals surface area contributed by atoms with E-state index < -0.39 is 10.0 Å². The van der Waals surface area contributed by atoms with Crippen LogP contribution in [0.3, 0.4) is 0 Å². The molecule has 0 aliphatic heterocycles. The van der Waals surface area contributed by atoms with Crippen molar-refractivity contribution < 1.29 is 17.9 Å². The molecular weight excluding hydrogens is 424 g/mol. The lowest BCUT2D eigenvalue weighted by molar-refractivity contribution is -0.113. The number of aromatic nitrogens is 2. The first kappa shape index (κ1) is 22.1. The third-order valence-electron chi connectivity index (χ3n) is 4.49. The van der Waals surface area contributed by atoms with E-state index in [-0.39, 0.29) is 16.6 Å². The normalized spacial score (nSPS) is 11.8. The second-order valence-corrected chi connectivity index (χ2v) is 9.71. The molecule has 8 nitrogen and oxygen atoms in total. The molecule has 1 heterocycles. The molecule has 0 fully saturated rings. The number of fused-ring (bicyclic) bond motifs is 1. The fourth-order valence-electron chi connectivity index (χ4n) is 2.94. The van der Waals surface area contributed by atoms with E-state index in [0.717, 1.165) is 27.0 Å². The van der Waals surface area contributed by atoms with E-state index in [2.05, 4.69) is 14.9 Å². The van der Waals surface area contributed by atoms with Crippen LogP contribution in [0.2, 0.25) is 0 Å². The molecule has 0 aliphatic rings. The van der Waals surface area contributed by atoms with Crippen molar-refractivity contribution in [2.24, 2.45) is 0 Å². The number of thioether (sulfide) groups is 1. The van der Waals surface area contributed by atoms with Crippen LogP contribution in [-0.2, 0) is 21.4 Å². The van der Waals surface area contributed by atoms with Gasteiger partial charge in [-0.05, 0) is 37.3 Å². The molecule has 0 saturated heterocycles. The lowest BCUT2D eigenvalue weighted by Crippen LogP contribution is -2.22. The predicted octanol–water partition coefficient (Wildman–Crippen LogP) is 3.05. The molecule has 0 spiro atoms. The van der Waals surface area contributed by atoms with Gasteiger partial charge in [-0.1, -0.05) is 23.9 Å². The number of nitrogens with zero attached hydrogens (tertiary/aromatic N) is 3. The zero-order valence-corrected chi connectivity index (χ0v) is 18.9. The molecule has 3 aromatic rings. The van der Waals surface area contributed by atoms with Gasteiger partial charge in [-0.3, -0.25) is 4.79 Å². The largest absolute Gasteiger partial charge is 0.495 e. The van der Waals surface area contributed by atoms with Gasteiger partial charge < -0.3 is 14.6 Å². The molecule has 0 atom stereocenters. The number of hydrogen-bond donors (Lipinski definition) is 1. The van der Waals surface area contributed by atoms with Crippen molar-refractivity contribution in [1.82, 2.24) is 13.9 Å². The van der Waals surface area contributed by atoms with Gasteiger partial charge in [0.1, 0.15) is 5.75 Å². The quantitative estimate of drug-likeness (QED) is 0.533. The molecule has 160 valence electrons. The Morgan fingerprint density at radius 3 is 2.63 bits per heavy atom. The van der Waals surface area contributed by atoms with Crippen molar-refractivity contribution >= 4 is 44.4 Å². The zero-order valence-electron chi connectivity index (χ0n) is 17.2. The molecule has 0 bridgehead atoms. The van der Waals surface area contributed by atoms with Crippen LogP contribution in [0.5, 0.6) is 5.75 Å². The minimum atomic E-state index is -3.63. The van der Waals surface area contributed by atoms with Gasteiger partial charge in [-0.15, -0.1) is 0 Å². The maximum Gasteiger partial charge on any atom is 0.242 e. The maximum atomic E-state index is 12.6. The molecule has 3 rings (SSSR count). The number of carbonyl (C=O) groups excluding carboxylic acids is 1. The summed E-state index contributed by atoms with van der Waals surface area (Å²) < 4.78 is 33.2. The first-order valence-corrected chi connectivity index (χ1v) is 11.7. The smallest absolute Gasteiger partial charge is 0.242 e. The van der Waals surface area contributed by atoms with Crippen LogP contribution in [0, 0.1) is 0 Å². The minimum absolute atomic E-state index is 0.0732. The highest BCUT2D eigenvalue weighted by molar-refractivity contribution is 7.99. The number of para-hydroxylation sites is 2. The fraction of sp³-hybridized carbons (Fsp3) is 0.300. The van der Waals surface area contributed by atoms with Crippen LogP contribution in [-0.4, -0.2) is 55.1 Å². The summed E-state index contributed by atoms with van der Waals surface area (Å²) in [6.07, 6.45) is 0. The van der Waals surface area contributed by atoms with Gasteiger partial charge in [0.15, 0.2) is 5.16 Å². The van der Waals surface area contributed by atoms with Gasteiger partial charge in [0, 0.05) is 20.6 Å². The van der Waals surface area contributed by atoms with Crippen molar-refractivity contribution in [2.45, 2.75) is 23.5 Å². The molecule has 0 radical (unpaired) electrons. The van der Waals surface area contributed by atoms with Crippen LogP contribution < -0.4 is 10.1 Å². The van der Waals surface area contributed by atoms with Crippen LogP contribution in [0.4, 0.5) is 5.69 Å². The third-order valence-corrected chi connectivity index (χ3v) is 7.28. The van der Waals surface area contributed by atoms with Gasteiger partial charge in [0.25, 0.3) is 0 Å². The van der Waals surface area contributed by atoms with Crippen molar-refractivity contribution in [1.29, 1.82) is 0 Å². The highest BCUT2D eigenvalue weighted by Crippen LogP contribution is 2.29. The summed E-state index contributed by atoms with van der Waals surface area (Å²) in [4.78, 5) is 17.3. The number of nitrogens with one attached hydrogen (secondary N) is 1. The average Bonchev–Trinajstić information content (AvgIpc) is 3.09. The molecule has 1 N–H and O–H groups in total.